The summed E-state index contributed by atoms with van der Waals surface area (Å²) in [6, 6.07) is 12.8. The van der Waals surface area contributed by atoms with E-state index >= 15 is 0 Å². The van der Waals surface area contributed by atoms with E-state index in [0.717, 1.165) is 5.56 Å². The number of rotatable bonds is 5. The minimum absolute atomic E-state index is 0.167. The fourth-order valence-electron chi connectivity index (χ4n) is 2.37. The van der Waals surface area contributed by atoms with Gasteiger partial charge in [-0.05, 0) is 42.4 Å². The van der Waals surface area contributed by atoms with Crippen molar-refractivity contribution in [2.45, 2.75) is 6.42 Å². The Balaban J connectivity index is 2.03. The molecule has 0 atom stereocenters. The van der Waals surface area contributed by atoms with Gasteiger partial charge in [0, 0.05) is 11.1 Å². The monoisotopic (exact) mass is 370 g/mol. The summed E-state index contributed by atoms with van der Waals surface area (Å²) < 4.78 is 1.80. The quantitative estimate of drug-likeness (QED) is 0.392. The van der Waals surface area contributed by atoms with Gasteiger partial charge in [-0.3, -0.25) is 0 Å². The molecule has 1 heterocycles. The van der Waals surface area contributed by atoms with Crippen LogP contribution in [-0.2, 0) is 6.42 Å². The average molecular weight is 371 g/mol. The Morgan fingerprint density at radius 1 is 1.28 bits per heavy atom. The third-order valence-electron chi connectivity index (χ3n) is 3.59. The molecule has 3 rings (SSSR count). The molecule has 0 radical (unpaired) electrons. The molecule has 2 N–H and O–H groups in total. The van der Waals surface area contributed by atoms with E-state index in [1.165, 1.54) is 10.9 Å². The number of para-hydroxylation sites is 1. The average Bonchev–Trinajstić information content (AvgIpc) is 2.97. The van der Waals surface area contributed by atoms with Crippen LogP contribution in [0.5, 0.6) is 5.75 Å². The van der Waals surface area contributed by atoms with Crippen molar-refractivity contribution in [3.63, 3.8) is 0 Å². The zero-order chi connectivity index (χ0) is 17.8. The van der Waals surface area contributed by atoms with E-state index < -0.39 is 0 Å². The van der Waals surface area contributed by atoms with Crippen LogP contribution >= 0.6 is 23.8 Å². The molecule has 0 amide bonds. The summed E-state index contributed by atoms with van der Waals surface area (Å²) in [5.74, 6) is 0.661. The molecule has 3 aromatic rings. The number of benzene rings is 2. The Morgan fingerprint density at radius 2 is 2.08 bits per heavy atom. The standard InChI is InChI=1S/C18H15ClN4OS/c1-2-6-12-7-5-8-13(16(12)24)11-20-23-17(21-22-18(23)25)14-9-3-4-10-15(14)19/h2-5,7-11,24H,1,6H2,(H,22,25)/b20-11-. The van der Waals surface area contributed by atoms with Crippen molar-refractivity contribution in [3.05, 3.63) is 76.0 Å². The largest absolute Gasteiger partial charge is 0.507 e. The maximum atomic E-state index is 10.3. The second-order valence-corrected chi connectivity index (χ2v) is 6.03. The Labute approximate surface area is 154 Å². The van der Waals surface area contributed by atoms with Crippen molar-refractivity contribution < 1.29 is 5.11 Å². The first-order valence-electron chi connectivity index (χ1n) is 7.50. The van der Waals surface area contributed by atoms with Gasteiger partial charge in [0.15, 0.2) is 5.82 Å². The van der Waals surface area contributed by atoms with Gasteiger partial charge in [0.2, 0.25) is 4.77 Å². The van der Waals surface area contributed by atoms with Gasteiger partial charge in [-0.15, -0.1) is 6.58 Å². The number of nitrogens with one attached hydrogen (secondary N) is 1. The van der Waals surface area contributed by atoms with E-state index in [4.69, 9.17) is 23.8 Å². The number of halogens is 1. The number of hydrogen-bond donors (Lipinski definition) is 2. The summed E-state index contributed by atoms with van der Waals surface area (Å²) in [6.07, 6.45) is 3.84. The van der Waals surface area contributed by atoms with E-state index in [0.29, 0.717) is 33.2 Å². The molecular weight excluding hydrogens is 356 g/mol. The Kier molecular flexibility index (Phi) is 5.11. The first-order valence-corrected chi connectivity index (χ1v) is 8.29. The molecule has 1 aromatic heterocycles. The highest BCUT2D eigenvalue weighted by Gasteiger charge is 2.11. The molecule has 0 aliphatic rings. The van der Waals surface area contributed by atoms with Crippen LogP contribution < -0.4 is 0 Å². The molecule has 0 saturated heterocycles. The van der Waals surface area contributed by atoms with E-state index in [9.17, 15) is 5.11 Å². The molecule has 25 heavy (non-hydrogen) atoms. The van der Waals surface area contributed by atoms with Crippen LogP contribution in [0, 0.1) is 4.77 Å². The van der Waals surface area contributed by atoms with Crippen molar-refractivity contribution in [1.29, 1.82) is 0 Å². The topological polar surface area (TPSA) is 66.2 Å². The lowest BCUT2D eigenvalue weighted by Gasteiger charge is -2.05. The number of phenols is 1. The second-order valence-electron chi connectivity index (χ2n) is 5.24. The van der Waals surface area contributed by atoms with E-state index in [1.54, 1.807) is 18.2 Å². The first-order chi connectivity index (χ1) is 12.1. The lowest BCUT2D eigenvalue weighted by atomic mass is 10.1. The molecule has 0 unspecified atom stereocenters. The minimum atomic E-state index is 0.167. The molecular formula is C18H15ClN4OS. The molecule has 126 valence electrons. The molecule has 0 aliphatic carbocycles. The summed E-state index contributed by atoms with van der Waals surface area (Å²) in [7, 11) is 0. The third-order valence-corrected chi connectivity index (χ3v) is 4.19. The van der Waals surface area contributed by atoms with Gasteiger partial charge < -0.3 is 5.11 Å². The Bertz CT molecular complexity index is 1010. The van der Waals surface area contributed by atoms with Crippen molar-refractivity contribution >= 4 is 30.0 Å². The van der Waals surface area contributed by atoms with Gasteiger partial charge in [-0.1, -0.05) is 41.9 Å². The molecule has 0 aliphatic heterocycles. The highest BCUT2D eigenvalue weighted by molar-refractivity contribution is 7.71. The van der Waals surface area contributed by atoms with Crippen molar-refractivity contribution in [3.8, 4) is 17.1 Å². The number of aromatic nitrogens is 3. The van der Waals surface area contributed by atoms with Crippen LogP contribution in [0.4, 0.5) is 0 Å². The molecule has 0 bridgehead atoms. The zero-order valence-corrected chi connectivity index (χ0v) is 14.8. The third kappa shape index (κ3) is 3.55. The van der Waals surface area contributed by atoms with Crippen molar-refractivity contribution in [1.82, 2.24) is 14.9 Å². The summed E-state index contributed by atoms with van der Waals surface area (Å²) >= 11 is 11.5. The first kappa shape index (κ1) is 17.1. The SMILES string of the molecule is C=CCc1cccc(/C=N\n2c(-c3ccccc3Cl)n[nH]c2=S)c1O. The second kappa shape index (κ2) is 7.46. The van der Waals surface area contributed by atoms with Gasteiger partial charge in [0.05, 0.1) is 11.2 Å². The Morgan fingerprint density at radius 3 is 2.84 bits per heavy atom. The van der Waals surface area contributed by atoms with Crippen molar-refractivity contribution in [2.24, 2.45) is 5.10 Å². The maximum Gasteiger partial charge on any atom is 0.216 e. The van der Waals surface area contributed by atoms with Crippen LogP contribution in [0.2, 0.25) is 5.02 Å². The summed E-state index contributed by atoms with van der Waals surface area (Å²) in [5.41, 5.74) is 2.06. The van der Waals surface area contributed by atoms with Crippen LogP contribution in [-0.4, -0.2) is 26.2 Å². The molecule has 0 spiro atoms. The van der Waals surface area contributed by atoms with Gasteiger partial charge in [-0.25, -0.2) is 5.10 Å². The Hall–Kier alpha value is -2.70. The van der Waals surface area contributed by atoms with E-state index in [-0.39, 0.29) is 5.75 Å². The van der Waals surface area contributed by atoms with Crippen LogP contribution in [0.1, 0.15) is 11.1 Å². The molecule has 2 aromatic carbocycles. The smallest absolute Gasteiger partial charge is 0.216 e. The van der Waals surface area contributed by atoms with E-state index in [2.05, 4.69) is 21.9 Å². The number of aromatic amines is 1. The highest BCUT2D eigenvalue weighted by atomic mass is 35.5. The highest BCUT2D eigenvalue weighted by Crippen LogP contribution is 2.26. The number of allylic oxidation sites excluding steroid dienone is 1. The minimum Gasteiger partial charge on any atom is -0.507 e. The van der Waals surface area contributed by atoms with Crippen molar-refractivity contribution in [2.75, 3.05) is 0 Å². The number of aromatic hydroxyl groups is 1. The number of nitrogens with zero attached hydrogens (tertiary/aromatic N) is 3. The van der Waals surface area contributed by atoms with Crippen LogP contribution in [0.3, 0.4) is 0 Å². The lowest BCUT2D eigenvalue weighted by Crippen LogP contribution is -1.96. The molecule has 0 saturated carbocycles. The summed E-state index contributed by atoms with van der Waals surface area (Å²) in [6.45, 7) is 3.69. The maximum absolute atomic E-state index is 10.3. The van der Waals surface area contributed by atoms with Gasteiger partial charge in [0.25, 0.3) is 0 Å². The van der Waals surface area contributed by atoms with E-state index in [1.807, 2.05) is 30.3 Å². The van der Waals surface area contributed by atoms with Gasteiger partial charge in [-0.2, -0.15) is 14.9 Å². The van der Waals surface area contributed by atoms with Gasteiger partial charge >= 0.3 is 0 Å². The number of H-pyrrole nitrogens is 1. The molecule has 0 fully saturated rings. The number of phenolic OH excluding ortho intramolecular Hbond substituents is 1. The summed E-state index contributed by atoms with van der Waals surface area (Å²) in [4.78, 5) is 0. The van der Waals surface area contributed by atoms with Crippen LogP contribution in [0.25, 0.3) is 11.4 Å². The molecule has 5 nitrogen and oxygen atoms in total. The summed E-state index contributed by atoms with van der Waals surface area (Å²) in [5, 5.41) is 22.2. The predicted octanol–water partition coefficient (Wildman–Crippen LogP) is 4.58. The number of hydrogen-bond acceptors (Lipinski definition) is 4. The normalized spacial score (nSPS) is 11.1. The molecule has 7 heteroatoms. The predicted molar refractivity (Wildman–Crippen MR) is 103 cm³/mol. The fourth-order valence-corrected chi connectivity index (χ4v) is 2.77. The fraction of sp³-hybridized carbons (Fsp3) is 0.0556. The van der Waals surface area contributed by atoms with Crippen LogP contribution in [0.15, 0.2) is 60.2 Å². The zero-order valence-electron chi connectivity index (χ0n) is 13.2. The van der Waals surface area contributed by atoms with Gasteiger partial charge in [0.1, 0.15) is 5.75 Å². The lowest BCUT2D eigenvalue weighted by molar-refractivity contribution is 0.469.